The molecule has 2 N–H and O–H groups in total. The Hall–Kier alpha value is -2.35. The van der Waals surface area contributed by atoms with Crippen molar-refractivity contribution in [1.82, 2.24) is 14.8 Å². The van der Waals surface area contributed by atoms with E-state index in [-0.39, 0.29) is 11.5 Å². The lowest BCUT2D eigenvalue weighted by atomic mass is 9.93. The van der Waals surface area contributed by atoms with Crippen LogP contribution in [0.4, 0.5) is 5.95 Å². The normalized spacial score (nSPS) is 16.8. The molecule has 8 heteroatoms. The van der Waals surface area contributed by atoms with Gasteiger partial charge in [0.2, 0.25) is 5.95 Å². The van der Waals surface area contributed by atoms with Gasteiger partial charge >= 0.3 is 0 Å². The number of aromatic nitrogens is 3. The van der Waals surface area contributed by atoms with Gasteiger partial charge in [0.25, 0.3) is 0 Å². The number of ether oxygens (including phenoxy) is 1. The zero-order valence-corrected chi connectivity index (χ0v) is 14.4. The van der Waals surface area contributed by atoms with Gasteiger partial charge in [-0.1, -0.05) is 0 Å². The van der Waals surface area contributed by atoms with Crippen molar-refractivity contribution in [3.05, 3.63) is 39.8 Å². The van der Waals surface area contributed by atoms with Crippen LogP contribution < -0.4 is 10.1 Å². The van der Waals surface area contributed by atoms with Crippen LogP contribution in [0.1, 0.15) is 25.5 Å². The molecule has 1 aliphatic heterocycles. The number of nitrogens with zero attached hydrogens (tertiary/aromatic N) is 3. The summed E-state index contributed by atoms with van der Waals surface area (Å²) in [6.45, 7) is 3.34. The Bertz CT molecular complexity index is 828. The topological polar surface area (TPSA) is 89.3 Å². The maximum atomic E-state index is 12.2. The molecule has 0 aliphatic carbocycles. The molecule has 1 aromatic heterocycles. The number of benzene rings is 1. The number of hydrogen-bond donors (Lipinski definition) is 2. The molecule has 1 aromatic carbocycles. The predicted molar refractivity (Wildman–Crippen MR) is 87.5 cm³/mol. The van der Waals surface area contributed by atoms with Crippen molar-refractivity contribution >= 4 is 27.7 Å². The van der Waals surface area contributed by atoms with Crippen LogP contribution in [0.2, 0.25) is 0 Å². The monoisotopic (exact) mass is 378 g/mol. The van der Waals surface area contributed by atoms with E-state index in [0.29, 0.717) is 21.7 Å². The summed E-state index contributed by atoms with van der Waals surface area (Å²) in [4.78, 5) is 16.3. The summed E-state index contributed by atoms with van der Waals surface area (Å²) in [6.07, 6.45) is 1.43. The van der Waals surface area contributed by atoms with E-state index in [0.717, 1.165) is 11.3 Å². The first kappa shape index (κ1) is 15.5. The van der Waals surface area contributed by atoms with Gasteiger partial charge < -0.3 is 15.2 Å². The number of phenols is 1. The van der Waals surface area contributed by atoms with Crippen LogP contribution in [0, 0.1) is 0 Å². The second-order valence-corrected chi connectivity index (χ2v) is 6.06. The smallest absolute Gasteiger partial charge is 0.226 e. The van der Waals surface area contributed by atoms with Crippen LogP contribution in [0.3, 0.4) is 0 Å². The molecule has 2 heterocycles. The van der Waals surface area contributed by atoms with Crippen molar-refractivity contribution in [2.45, 2.75) is 19.9 Å². The lowest BCUT2D eigenvalue weighted by molar-refractivity contribution is -0.114. The number of fused-ring (bicyclic) bond motifs is 1. The minimum absolute atomic E-state index is 0.00840. The van der Waals surface area contributed by atoms with E-state index in [9.17, 15) is 9.90 Å². The highest BCUT2D eigenvalue weighted by Gasteiger charge is 2.32. The summed E-state index contributed by atoms with van der Waals surface area (Å²) in [7, 11) is 1.47. The van der Waals surface area contributed by atoms with Crippen molar-refractivity contribution in [1.29, 1.82) is 0 Å². The first-order valence-corrected chi connectivity index (χ1v) is 7.68. The molecule has 120 valence electrons. The fourth-order valence-electron chi connectivity index (χ4n) is 2.76. The van der Waals surface area contributed by atoms with E-state index in [1.807, 2.05) is 6.92 Å². The number of allylic oxidation sites excluding steroid dienone is 2. The molecule has 3 rings (SSSR count). The van der Waals surface area contributed by atoms with Gasteiger partial charge in [0, 0.05) is 11.3 Å². The zero-order chi connectivity index (χ0) is 16.7. The van der Waals surface area contributed by atoms with Crippen molar-refractivity contribution in [3.63, 3.8) is 0 Å². The number of rotatable bonds is 3. The number of hydrogen-bond acceptors (Lipinski definition) is 6. The molecular formula is C15H15BrN4O3. The molecule has 0 saturated heterocycles. The Labute approximate surface area is 141 Å². The molecule has 0 bridgehead atoms. The van der Waals surface area contributed by atoms with E-state index < -0.39 is 6.04 Å². The van der Waals surface area contributed by atoms with Gasteiger partial charge in [-0.15, -0.1) is 0 Å². The van der Waals surface area contributed by atoms with Gasteiger partial charge in [-0.05, 0) is 47.5 Å². The first-order valence-electron chi connectivity index (χ1n) is 6.88. The van der Waals surface area contributed by atoms with Gasteiger partial charge in [0.05, 0.1) is 11.6 Å². The van der Waals surface area contributed by atoms with Crippen LogP contribution >= 0.6 is 15.9 Å². The zero-order valence-electron chi connectivity index (χ0n) is 12.8. The van der Waals surface area contributed by atoms with Crippen molar-refractivity contribution in [2.24, 2.45) is 0 Å². The van der Waals surface area contributed by atoms with Gasteiger partial charge in [-0.2, -0.15) is 10.1 Å². The molecule has 0 radical (unpaired) electrons. The molecule has 0 spiro atoms. The van der Waals surface area contributed by atoms with Crippen molar-refractivity contribution < 1.29 is 14.6 Å². The summed E-state index contributed by atoms with van der Waals surface area (Å²) < 4.78 is 7.33. The Kier molecular flexibility index (Phi) is 3.85. The Morgan fingerprint density at radius 3 is 2.87 bits per heavy atom. The molecule has 0 fully saturated rings. The molecule has 23 heavy (non-hydrogen) atoms. The lowest BCUT2D eigenvalue weighted by Gasteiger charge is -2.28. The first-order chi connectivity index (χ1) is 10.9. The fourth-order valence-corrected chi connectivity index (χ4v) is 3.22. The number of methoxy groups -OCH3 is 1. The fraction of sp³-hybridized carbons (Fsp3) is 0.267. The van der Waals surface area contributed by atoms with Crippen LogP contribution in [-0.4, -0.2) is 32.8 Å². The molecular weight excluding hydrogens is 364 g/mol. The van der Waals surface area contributed by atoms with Gasteiger partial charge in [0.15, 0.2) is 17.3 Å². The van der Waals surface area contributed by atoms with Crippen LogP contribution in [0.5, 0.6) is 11.5 Å². The number of nitrogens with one attached hydrogen (secondary N) is 1. The number of phenolic OH excluding ortho intramolecular Hbond substituents is 1. The molecule has 1 aliphatic rings. The number of carbonyl (C=O) groups is 1. The summed E-state index contributed by atoms with van der Waals surface area (Å²) in [6, 6.07) is 2.99. The Balaban J connectivity index is 2.25. The number of Topliss-reactive ketones (excluding diaryl/α,β-unsaturated/α-hetero) is 1. The molecule has 1 atom stereocenters. The van der Waals surface area contributed by atoms with Gasteiger partial charge in [-0.25, -0.2) is 4.68 Å². The summed E-state index contributed by atoms with van der Waals surface area (Å²) in [5, 5.41) is 17.3. The standard InChI is InChI=1S/C15H15BrN4O3/c1-7-12(8(2)21)13(20-15(19-7)17-6-18-20)9-4-10(16)14(22)11(5-9)23-3/h4-6,13,22H,1-3H3,(H,17,18,19)/t13-/m0/s1. The van der Waals surface area contributed by atoms with Crippen LogP contribution in [0.25, 0.3) is 0 Å². The van der Waals surface area contributed by atoms with Crippen LogP contribution in [0.15, 0.2) is 34.2 Å². The number of carbonyl (C=O) groups excluding carboxylic acids is 1. The second-order valence-electron chi connectivity index (χ2n) is 5.20. The van der Waals surface area contributed by atoms with Gasteiger partial charge in [0.1, 0.15) is 12.4 Å². The second kappa shape index (κ2) is 5.69. The average Bonchev–Trinajstić information content (AvgIpc) is 2.95. The van der Waals surface area contributed by atoms with E-state index in [1.54, 1.807) is 16.8 Å². The summed E-state index contributed by atoms with van der Waals surface area (Å²) in [5.41, 5.74) is 2.07. The van der Waals surface area contributed by atoms with Crippen molar-refractivity contribution in [3.8, 4) is 11.5 Å². The lowest BCUT2D eigenvalue weighted by Crippen LogP contribution is -2.27. The highest BCUT2D eigenvalue weighted by molar-refractivity contribution is 9.10. The number of aromatic hydroxyl groups is 1. The molecule has 7 nitrogen and oxygen atoms in total. The van der Waals surface area contributed by atoms with E-state index in [1.165, 1.54) is 20.4 Å². The highest BCUT2D eigenvalue weighted by Crippen LogP contribution is 2.41. The third kappa shape index (κ3) is 2.48. The van der Waals surface area contributed by atoms with E-state index in [2.05, 4.69) is 31.3 Å². The summed E-state index contributed by atoms with van der Waals surface area (Å²) >= 11 is 3.32. The number of halogens is 1. The van der Waals surface area contributed by atoms with E-state index in [4.69, 9.17) is 4.74 Å². The molecule has 2 aromatic rings. The SMILES string of the molecule is COc1cc([C@H]2C(C(C)=O)=C(C)Nc3ncnn32)cc(Br)c1O. The maximum absolute atomic E-state index is 12.2. The third-order valence-corrected chi connectivity index (χ3v) is 4.36. The highest BCUT2D eigenvalue weighted by atomic mass is 79.9. The third-order valence-electron chi connectivity index (χ3n) is 3.76. The minimum atomic E-state index is -0.447. The average molecular weight is 379 g/mol. The predicted octanol–water partition coefficient (Wildman–Crippen LogP) is 2.63. The molecule has 0 unspecified atom stereocenters. The van der Waals surface area contributed by atoms with Crippen LogP contribution in [-0.2, 0) is 4.79 Å². The summed E-state index contributed by atoms with van der Waals surface area (Å²) in [5.74, 6) is 0.814. The van der Waals surface area contributed by atoms with E-state index >= 15 is 0 Å². The minimum Gasteiger partial charge on any atom is -0.503 e. The quantitative estimate of drug-likeness (QED) is 0.853. The number of anilines is 1. The number of ketones is 1. The Morgan fingerprint density at radius 2 is 2.22 bits per heavy atom. The molecule has 0 saturated carbocycles. The largest absolute Gasteiger partial charge is 0.503 e. The van der Waals surface area contributed by atoms with Crippen molar-refractivity contribution in [2.75, 3.05) is 12.4 Å². The maximum Gasteiger partial charge on any atom is 0.226 e. The molecule has 0 amide bonds. The van der Waals surface area contributed by atoms with Gasteiger partial charge in [-0.3, -0.25) is 4.79 Å². The Morgan fingerprint density at radius 1 is 1.48 bits per heavy atom.